The molecule has 1 atom stereocenters. The highest BCUT2D eigenvalue weighted by Gasteiger charge is 2.11. The van der Waals surface area contributed by atoms with Gasteiger partial charge in [-0.05, 0) is 12.0 Å². The number of nitrogens with one attached hydrogen (secondary N) is 1. The molecule has 0 saturated carbocycles. The van der Waals surface area contributed by atoms with E-state index >= 15 is 0 Å². The van der Waals surface area contributed by atoms with Gasteiger partial charge in [0.1, 0.15) is 0 Å². The number of carbonyl (C=O) groups excluding carboxylic acids is 1. The Hall–Kier alpha value is -1.09. The molecule has 0 fully saturated rings. The van der Waals surface area contributed by atoms with Crippen molar-refractivity contribution in [3.63, 3.8) is 0 Å². The molecule has 0 bridgehead atoms. The van der Waals surface area contributed by atoms with Crippen molar-refractivity contribution in [2.24, 2.45) is 0 Å². The van der Waals surface area contributed by atoms with Gasteiger partial charge in [-0.2, -0.15) is 0 Å². The molecule has 0 aliphatic heterocycles. The summed E-state index contributed by atoms with van der Waals surface area (Å²) in [7, 11) is -1.65. The lowest BCUT2D eigenvalue weighted by atomic mass is 10.1. The zero-order valence-electron chi connectivity index (χ0n) is 13.4. The minimum atomic E-state index is -3.16. The topological polar surface area (TPSA) is 86.7 Å². The third-order valence-corrected chi connectivity index (χ3v) is 5.56. The van der Waals surface area contributed by atoms with Crippen molar-refractivity contribution in [3.8, 4) is 0 Å². The van der Waals surface area contributed by atoms with Gasteiger partial charge in [-0.15, -0.1) is 11.8 Å². The number of benzene rings is 1. The van der Waals surface area contributed by atoms with Crippen molar-refractivity contribution in [2.45, 2.75) is 12.5 Å². The Morgan fingerprint density at radius 2 is 2.00 bits per heavy atom. The number of aliphatic hydroxyl groups excluding tert-OH is 1. The van der Waals surface area contributed by atoms with Crippen LogP contribution >= 0.6 is 11.8 Å². The van der Waals surface area contributed by atoms with Gasteiger partial charge in [0.2, 0.25) is 15.9 Å². The summed E-state index contributed by atoms with van der Waals surface area (Å²) in [6.45, 7) is 0.805. The Bertz CT molecular complexity index is 578. The van der Waals surface area contributed by atoms with Crippen LogP contribution in [0.4, 0.5) is 0 Å². The standard InChI is InChI=1S/C15H24N2O4S2/c1-17(23(2,20)21)10-6-9-16-15(19)12-22-11-14(18)13-7-4-3-5-8-13/h3-5,7-8,14,18H,6,9-12H2,1-2H3,(H,16,19). The number of aliphatic hydroxyl groups is 1. The van der Waals surface area contributed by atoms with Gasteiger partial charge in [0.15, 0.2) is 0 Å². The number of thioether (sulfide) groups is 1. The molecule has 2 N–H and O–H groups in total. The third-order valence-electron chi connectivity index (χ3n) is 3.23. The molecule has 0 aromatic heterocycles. The first-order valence-electron chi connectivity index (χ1n) is 7.29. The first-order valence-corrected chi connectivity index (χ1v) is 10.3. The molecule has 1 amide bonds. The van der Waals surface area contributed by atoms with Crippen LogP contribution in [0.1, 0.15) is 18.1 Å². The molecule has 0 aliphatic carbocycles. The summed E-state index contributed by atoms with van der Waals surface area (Å²) in [4.78, 5) is 11.7. The van der Waals surface area contributed by atoms with E-state index in [-0.39, 0.29) is 11.7 Å². The van der Waals surface area contributed by atoms with Crippen LogP contribution in [0.5, 0.6) is 0 Å². The van der Waals surface area contributed by atoms with E-state index in [1.165, 1.54) is 23.1 Å². The Labute approximate surface area is 142 Å². The molecular weight excluding hydrogens is 336 g/mol. The van der Waals surface area contributed by atoms with Crippen molar-refractivity contribution >= 4 is 27.7 Å². The molecule has 0 heterocycles. The fourth-order valence-electron chi connectivity index (χ4n) is 1.78. The van der Waals surface area contributed by atoms with Crippen LogP contribution in [0.25, 0.3) is 0 Å². The lowest BCUT2D eigenvalue weighted by Crippen LogP contribution is -2.31. The predicted octanol–water partition coefficient (Wildman–Crippen LogP) is 0.851. The molecule has 0 aliphatic rings. The smallest absolute Gasteiger partial charge is 0.229 e. The monoisotopic (exact) mass is 360 g/mol. The van der Waals surface area contributed by atoms with Gasteiger partial charge in [0.05, 0.1) is 18.1 Å². The second-order valence-corrected chi connectivity index (χ2v) is 8.35. The van der Waals surface area contributed by atoms with E-state index in [1.807, 2.05) is 30.3 Å². The van der Waals surface area contributed by atoms with Crippen LogP contribution in [0.15, 0.2) is 30.3 Å². The third kappa shape index (κ3) is 8.36. The van der Waals surface area contributed by atoms with Gasteiger partial charge in [-0.25, -0.2) is 12.7 Å². The van der Waals surface area contributed by atoms with Gasteiger partial charge in [0, 0.05) is 25.9 Å². The molecular formula is C15H24N2O4S2. The SMILES string of the molecule is CN(CCCNC(=O)CSCC(O)c1ccccc1)S(C)(=O)=O. The van der Waals surface area contributed by atoms with Crippen molar-refractivity contribution < 1.29 is 18.3 Å². The minimum absolute atomic E-state index is 0.114. The summed E-state index contributed by atoms with van der Waals surface area (Å²) in [6.07, 6.45) is 1.13. The molecule has 1 aromatic rings. The van der Waals surface area contributed by atoms with E-state index in [4.69, 9.17) is 0 Å². The fourth-order valence-corrected chi connectivity index (χ4v) is 3.06. The first kappa shape index (κ1) is 20.0. The molecule has 1 rings (SSSR count). The van der Waals surface area contributed by atoms with Gasteiger partial charge in [-0.1, -0.05) is 30.3 Å². The highest BCUT2D eigenvalue weighted by Crippen LogP contribution is 2.17. The van der Waals surface area contributed by atoms with Crippen molar-refractivity contribution in [1.29, 1.82) is 0 Å². The molecule has 6 nitrogen and oxygen atoms in total. The lowest BCUT2D eigenvalue weighted by molar-refractivity contribution is -0.118. The first-order chi connectivity index (χ1) is 10.8. The average Bonchev–Trinajstić information content (AvgIpc) is 2.51. The zero-order chi connectivity index (χ0) is 17.3. The fraction of sp³-hybridized carbons (Fsp3) is 0.533. The molecule has 130 valence electrons. The highest BCUT2D eigenvalue weighted by atomic mass is 32.2. The Kier molecular flexibility index (Phi) is 8.60. The van der Waals surface area contributed by atoms with E-state index in [0.29, 0.717) is 25.3 Å². The van der Waals surface area contributed by atoms with Crippen LogP contribution in [0.2, 0.25) is 0 Å². The van der Waals surface area contributed by atoms with Crippen molar-refractivity contribution in [3.05, 3.63) is 35.9 Å². The van der Waals surface area contributed by atoms with E-state index in [0.717, 1.165) is 11.8 Å². The summed E-state index contributed by atoms with van der Waals surface area (Å²) in [5.41, 5.74) is 0.837. The number of amides is 1. The number of hydrogen-bond acceptors (Lipinski definition) is 5. The number of sulfonamides is 1. The van der Waals surface area contributed by atoms with Gasteiger partial charge in [-0.3, -0.25) is 4.79 Å². The maximum absolute atomic E-state index is 11.7. The molecule has 0 radical (unpaired) electrons. The summed E-state index contributed by atoms with van der Waals surface area (Å²) < 4.78 is 23.6. The number of hydrogen-bond donors (Lipinski definition) is 2. The van der Waals surface area contributed by atoms with Gasteiger partial charge >= 0.3 is 0 Å². The molecule has 0 saturated heterocycles. The van der Waals surface area contributed by atoms with Gasteiger partial charge < -0.3 is 10.4 Å². The zero-order valence-corrected chi connectivity index (χ0v) is 15.1. The Morgan fingerprint density at radius 1 is 1.35 bits per heavy atom. The lowest BCUT2D eigenvalue weighted by Gasteiger charge is -2.14. The van der Waals surface area contributed by atoms with E-state index < -0.39 is 16.1 Å². The summed E-state index contributed by atoms with van der Waals surface area (Å²) in [5.74, 6) is 0.609. The maximum atomic E-state index is 11.7. The van der Waals surface area contributed by atoms with Crippen LogP contribution in [-0.2, 0) is 14.8 Å². The van der Waals surface area contributed by atoms with E-state index in [2.05, 4.69) is 5.32 Å². The van der Waals surface area contributed by atoms with Crippen LogP contribution < -0.4 is 5.32 Å². The second-order valence-electron chi connectivity index (χ2n) is 5.23. The average molecular weight is 361 g/mol. The quantitative estimate of drug-likeness (QED) is 0.604. The second kappa shape index (κ2) is 9.92. The summed E-state index contributed by atoms with van der Waals surface area (Å²) >= 11 is 1.36. The van der Waals surface area contributed by atoms with Crippen LogP contribution in [0, 0.1) is 0 Å². The molecule has 1 aromatic carbocycles. The number of nitrogens with zero attached hydrogens (tertiary/aromatic N) is 1. The largest absolute Gasteiger partial charge is 0.388 e. The summed E-state index contributed by atoms with van der Waals surface area (Å²) in [5, 5.41) is 12.7. The highest BCUT2D eigenvalue weighted by molar-refractivity contribution is 7.99. The summed E-state index contributed by atoms with van der Waals surface area (Å²) in [6, 6.07) is 9.32. The number of carbonyl (C=O) groups is 1. The predicted molar refractivity (Wildman–Crippen MR) is 93.8 cm³/mol. The molecule has 23 heavy (non-hydrogen) atoms. The Morgan fingerprint density at radius 3 is 2.61 bits per heavy atom. The normalized spacial score (nSPS) is 13.0. The van der Waals surface area contributed by atoms with Gasteiger partial charge in [0.25, 0.3) is 0 Å². The van der Waals surface area contributed by atoms with E-state index in [9.17, 15) is 18.3 Å². The molecule has 1 unspecified atom stereocenters. The molecule has 8 heteroatoms. The molecule has 0 spiro atoms. The van der Waals surface area contributed by atoms with Crippen molar-refractivity contribution in [2.75, 3.05) is 37.9 Å². The maximum Gasteiger partial charge on any atom is 0.229 e. The van der Waals surface area contributed by atoms with Crippen LogP contribution in [0.3, 0.4) is 0 Å². The van der Waals surface area contributed by atoms with Crippen molar-refractivity contribution in [1.82, 2.24) is 9.62 Å². The van der Waals surface area contributed by atoms with E-state index in [1.54, 1.807) is 0 Å². The Balaban J connectivity index is 2.13. The minimum Gasteiger partial charge on any atom is -0.388 e. The van der Waals surface area contributed by atoms with Crippen LogP contribution in [-0.4, -0.2) is 61.6 Å². The number of rotatable bonds is 10.